The highest BCUT2D eigenvalue weighted by Gasteiger charge is 2.08. The number of nitrogens with one attached hydrogen (secondary N) is 2. The van der Waals surface area contributed by atoms with Crippen LogP contribution in [0.1, 0.15) is 25.0 Å². The first-order valence-corrected chi connectivity index (χ1v) is 8.96. The van der Waals surface area contributed by atoms with Crippen molar-refractivity contribution in [2.45, 2.75) is 35.7 Å². The second kappa shape index (κ2) is 7.41. The predicted octanol–water partition coefficient (Wildman–Crippen LogP) is 5.61. The van der Waals surface area contributed by atoms with E-state index in [-0.39, 0.29) is 0 Å². The van der Waals surface area contributed by atoms with Crippen LogP contribution in [0.2, 0.25) is 0 Å². The SMILES string of the molecule is CC1C=Cc2cc(S)ccc2N1.CC1C=Cc2cc(S)ccc2N1. The molecule has 4 heteroatoms. The highest BCUT2D eigenvalue weighted by molar-refractivity contribution is 7.80. The number of thiol groups is 2. The lowest BCUT2D eigenvalue weighted by Crippen LogP contribution is -2.15. The maximum atomic E-state index is 4.28. The summed E-state index contributed by atoms with van der Waals surface area (Å²) in [4.78, 5) is 2.02. The molecule has 2 aromatic rings. The molecule has 2 atom stereocenters. The molecule has 0 bridgehead atoms. The zero-order valence-electron chi connectivity index (χ0n) is 13.8. The van der Waals surface area contributed by atoms with E-state index in [2.05, 4.69) is 98.3 Å². The molecule has 0 aromatic heterocycles. The first-order valence-electron chi connectivity index (χ1n) is 8.07. The number of benzene rings is 2. The van der Waals surface area contributed by atoms with Crippen LogP contribution in [0.5, 0.6) is 0 Å². The molecule has 0 saturated carbocycles. The summed E-state index contributed by atoms with van der Waals surface area (Å²) in [5.74, 6) is 0. The number of hydrogen-bond acceptors (Lipinski definition) is 4. The van der Waals surface area contributed by atoms with Gasteiger partial charge in [0.05, 0.1) is 0 Å². The Morgan fingerprint density at radius 3 is 1.54 bits per heavy atom. The van der Waals surface area contributed by atoms with Crippen molar-refractivity contribution < 1.29 is 0 Å². The Labute approximate surface area is 154 Å². The molecular formula is C20H22N2S2. The van der Waals surface area contributed by atoms with Crippen molar-refractivity contribution in [3.8, 4) is 0 Å². The van der Waals surface area contributed by atoms with Crippen molar-refractivity contribution >= 4 is 48.8 Å². The summed E-state index contributed by atoms with van der Waals surface area (Å²) in [6.07, 6.45) is 8.57. The van der Waals surface area contributed by atoms with Crippen LogP contribution < -0.4 is 10.6 Å². The third-order valence-corrected chi connectivity index (χ3v) is 4.52. The van der Waals surface area contributed by atoms with Crippen molar-refractivity contribution in [2.24, 2.45) is 0 Å². The normalized spacial score (nSPS) is 20.0. The Bertz CT molecular complexity index is 729. The Kier molecular flexibility index (Phi) is 5.27. The van der Waals surface area contributed by atoms with Crippen molar-refractivity contribution in [3.05, 3.63) is 59.7 Å². The van der Waals surface area contributed by atoms with Gasteiger partial charge in [-0.25, -0.2) is 0 Å². The molecule has 0 aliphatic carbocycles. The van der Waals surface area contributed by atoms with E-state index in [0.717, 1.165) is 9.79 Å². The standard InChI is InChI=1S/2C10H11NS/c2*1-7-2-3-8-6-9(12)4-5-10(8)11-7/h2*2-7,11-12H,1H3. The van der Waals surface area contributed by atoms with Crippen molar-refractivity contribution in [3.63, 3.8) is 0 Å². The first-order chi connectivity index (χ1) is 11.5. The van der Waals surface area contributed by atoms with E-state index < -0.39 is 0 Å². The third kappa shape index (κ3) is 4.19. The molecule has 0 radical (unpaired) electrons. The first kappa shape index (κ1) is 17.1. The fourth-order valence-corrected chi connectivity index (χ4v) is 3.15. The average Bonchev–Trinajstić information content (AvgIpc) is 2.56. The van der Waals surface area contributed by atoms with Gasteiger partial charge in [0.15, 0.2) is 0 Å². The minimum Gasteiger partial charge on any atom is -0.379 e. The van der Waals surface area contributed by atoms with Gasteiger partial charge in [-0.2, -0.15) is 0 Å². The summed E-state index contributed by atoms with van der Waals surface area (Å²) in [6.45, 7) is 4.27. The monoisotopic (exact) mass is 354 g/mol. The Morgan fingerprint density at radius 1 is 0.708 bits per heavy atom. The van der Waals surface area contributed by atoms with Crippen LogP contribution in [0, 0.1) is 0 Å². The number of fused-ring (bicyclic) bond motifs is 2. The van der Waals surface area contributed by atoms with Gasteiger partial charge in [-0.3, -0.25) is 0 Å². The van der Waals surface area contributed by atoms with Crippen LogP contribution >= 0.6 is 25.3 Å². The second-order valence-corrected chi connectivity index (χ2v) is 7.16. The molecule has 4 rings (SSSR count). The molecule has 0 fully saturated rings. The lowest BCUT2D eigenvalue weighted by atomic mass is 10.1. The highest BCUT2D eigenvalue weighted by Crippen LogP contribution is 2.26. The van der Waals surface area contributed by atoms with Gasteiger partial charge in [-0.1, -0.05) is 24.3 Å². The summed E-state index contributed by atoms with van der Waals surface area (Å²) in [7, 11) is 0. The van der Waals surface area contributed by atoms with Crippen LogP contribution in [0.15, 0.2) is 58.3 Å². The van der Waals surface area contributed by atoms with Crippen LogP contribution in [-0.4, -0.2) is 12.1 Å². The van der Waals surface area contributed by atoms with Gasteiger partial charge < -0.3 is 10.6 Å². The topological polar surface area (TPSA) is 24.1 Å². The molecule has 24 heavy (non-hydrogen) atoms. The largest absolute Gasteiger partial charge is 0.379 e. The Hall–Kier alpha value is -1.78. The molecule has 2 heterocycles. The molecule has 2 aliphatic rings. The Morgan fingerprint density at radius 2 is 1.12 bits per heavy atom. The quantitative estimate of drug-likeness (QED) is 0.463. The molecule has 2 nitrogen and oxygen atoms in total. The lowest BCUT2D eigenvalue weighted by Gasteiger charge is -2.18. The second-order valence-electron chi connectivity index (χ2n) is 6.13. The molecule has 0 spiro atoms. The summed E-state index contributed by atoms with van der Waals surface area (Å²) >= 11 is 8.56. The highest BCUT2D eigenvalue weighted by atomic mass is 32.1. The van der Waals surface area contributed by atoms with Gasteiger partial charge in [0.25, 0.3) is 0 Å². The predicted molar refractivity (Wildman–Crippen MR) is 112 cm³/mol. The molecule has 2 aliphatic heterocycles. The van der Waals surface area contributed by atoms with E-state index in [1.807, 2.05) is 12.1 Å². The van der Waals surface area contributed by atoms with Crippen molar-refractivity contribution in [1.82, 2.24) is 0 Å². The molecule has 0 saturated heterocycles. The minimum absolute atomic E-state index is 0.434. The minimum atomic E-state index is 0.434. The molecule has 2 N–H and O–H groups in total. The van der Waals surface area contributed by atoms with Crippen molar-refractivity contribution in [1.29, 1.82) is 0 Å². The van der Waals surface area contributed by atoms with Gasteiger partial charge in [0.2, 0.25) is 0 Å². The van der Waals surface area contributed by atoms with E-state index in [1.165, 1.54) is 22.5 Å². The molecule has 2 unspecified atom stereocenters. The van der Waals surface area contributed by atoms with E-state index in [9.17, 15) is 0 Å². The van der Waals surface area contributed by atoms with E-state index in [1.54, 1.807) is 0 Å². The Balaban J connectivity index is 0.000000141. The zero-order valence-corrected chi connectivity index (χ0v) is 15.6. The van der Waals surface area contributed by atoms with Crippen LogP contribution in [0.25, 0.3) is 12.2 Å². The lowest BCUT2D eigenvalue weighted by molar-refractivity contribution is 0.991. The van der Waals surface area contributed by atoms with Crippen LogP contribution in [-0.2, 0) is 0 Å². The van der Waals surface area contributed by atoms with E-state index >= 15 is 0 Å². The molecule has 0 amide bonds. The summed E-state index contributed by atoms with van der Waals surface area (Å²) < 4.78 is 0. The summed E-state index contributed by atoms with van der Waals surface area (Å²) in [5, 5.41) is 6.73. The van der Waals surface area contributed by atoms with Crippen molar-refractivity contribution in [2.75, 3.05) is 10.6 Å². The maximum absolute atomic E-state index is 4.28. The van der Waals surface area contributed by atoms with Gasteiger partial charge in [-0.05, 0) is 61.4 Å². The van der Waals surface area contributed by atoms with Gasteiger partial charge in [0, 0.05) is 33.2 Å². The van der Waals surface area contributed by atoms with Gasteiger partial charge in [-0.15, -0.1) is 25.3 Å². The third-order valence-electron chi connectivity index (χ3n) is 3.97. The maximum Gasteiger partial charge on any atom is 0.0419 e. The van der Waals surface area contributed by atoms with E-state index in [0.29, 0.717) is 12.1 Å². The van der Waals surface area contributed by atoms with Gasteiger partial charge >= 0.3 is 0 Å². The fourth-order valence-electron chi connectivity index (χ4n) is 2.72. The molecule has 2 aromatic carbocycles. The van der Waals surface area contributed by atoms with E-state index in [4.69, 9.17) is 0 Å². The number of rotatable bonds is 0. The molecular weight excluding hydrogens is 332 g/mol. The van der Waals surface area contributed by atoms with Crippen LogP contribution in [0.4, 0.5) is 11.4 Å². The van der Waals surface area contributed by atoms with Gasteiger partial charge in [0.1, 0.15) is 0 Å². The van der Waals surface area contributed by atoms with Crippen LogP contribution in [0.3, 0.4) is 0 Å². The smallest absolute Gasteiger partial charge is 0.0419 e. The molecule has 124 valence electrons. The number of anilines is 2. The summed E-state index contributed by atoms with van der Waals surface area (Å²) in [5.41, 5.74) is 4.84. The fraction of sp³-hybridized carbons (Fsp3) is 0.200. The average molecular weight is 355 g/mol. The summed E-state index contributed by atoms with van der Waals surface area (Å²) in [6, 6.07) is 13.1. The zero-order chi connectivity index (χ0) is 17.1. The number of hydrogen-bond donors (Lipinski definition) is 4.